The number of rotatable bonds is 10. The third-order valence-electron chi connectivity index (χ3n) is 5.22. The molecule has 2 amide bonds. The van der Waals surface area contributed by atoms with Crippen molar-refractivity contribution in [2.75, 3.05) is 30.0 Å². The summed E-state index contributed by atoms with van der Waals surface area (Å²) in [4.78, 5) is 54.0. The Hall–Kier alpha value is -3.43. The van der Waals surface area contributed by atoms with E-state index in [1.807, 2.05) is 0 Å². The number of hydrogen-bond acceptors (Lipinski definition) is 10. The second kappa shape index (κ2) is 12.6. The number of sulfone groups is 1. The number of thiophene rings is 1. The summed E-state index contributed by atoms with van der Waals surface area (Å²) in [6.07, 6.45) is 0. The largest absolute Gasteiger partial charge is 0.462 e. The third-order valence-corrected chi connectivity index (χ3v) is 8.83. The van der Waals surface area contributed by atoms with Gasteiger partial charge in [-0.15, -0.1) is 11.3 Å². The summed E-state index contributed by atoms with van der Waals surface area (Å²) < 4.78 is 51.0. The smallest absolute Gasteiger partial charge is 0.348 e. The number of nitrogens with zero attached hydrogens (tertiary/aromatic N) is 2. The normalized spacial score (nSPS) is 12.0. The topological polar surface area (TPSA) is 150 Å². The number of thiazole rings is 1. The molecular formula is C24H26FN3O8S3. The minimum Gasteiger partial charge on any atom is -0.462 e. The second-order valence-electron chi connectivity index (χ2n) is 8.03. The first-order valence-corrected chi connectivity index (χ1v) is 15.2. The molecule has 0 unspecified atom stereocenters. The highest BCUT2D eigenvalue weighted by Gasteiger charge is 2.29. The number of carbonyl (C=O) groups is 4. The molecule has 2 aromatic heterocycles. The van der Waals surface area contributed by atoms with Crippen molar-refractivity contribution in [1.29, 1.82) is 0 Å². The van der Waals surface area contributed by atoms with Crippen LogP contribution in [0.2, 0.25) is 0 Å². The Morgan fingerprint density at radius 1 is 1.03 bits per heavy atom. The number of amides is 2. The number of halogens is 1. The van der Waals surface area contributed by atoms with Crippen molar-refractivity contribution in [3.05, 3.63) is 44.8 Å². The van der Waals surface area contributed by atoms with Gasteiger partial charge in [-0.3, -0.25) is 9.59 Å². The first-order chi connectivity index (χ1) is 18.4. The van der Waals surface area contributed by atoms with Crippen LogP contribution in [0.4, 0.5) is 9.39 Å². The Labute approximate surface area is 231 Å². The van der Waals surface area contributed by atoms with E-state index >= 15 is 0 Å². The lowest BCUT2D eigenvalue weighted by atomic mass is 10.1. The van der Waals surface area contributed by atoms with Gasteiger partial charge in [0.25, 0.3) is 5.91 Å². The predicted molar refractivity (Wildman–Crippen MR) is 144 cm³/mol. The van der Waals surface area contributed by atoms with Crippen molar-refractivity contribution in [3.63, 3.8) is 0 Å². The van der Waals surface area contributed by atoms with Crippen molar-refractivity contribution in [2.45, 2.75) is 34.2 Å². The maximum absolute atomic E-state index is 13.6. The zero-order valence-corrected chi connectivity index (χ0v) is 24.0. The highest BCUT2D eigenvalue weighted by atomic mass is 32.2. The molecule has 3 aromatic rings. The number of benzene rings is 1. The van der Waals surface area contributed by atoms with Gasteiger partial charge in [0.05, 0.1) is 29.0 Å². The number of ether oxygens (including phenoxy) is 2. The molecule has 0 aliphatic rings. The summed E-state index contributed by atoms with van der Waals surface area (Å²) in [5.41, 5.74) is 0.770. The lowest BCUT2D eigenvalue weighted by molar-refractivity contribution is -0.115. The molecule has 0 saturated heterocycles. The maximum atomic E-state index is 13.6. The highest BCUT2D eigenvalue weighted by Crippen LogP contribution is 2.34. The number of fused-ring (bicyclic) bond motifs is 1. The van der Waals surface area contributed by atoms with Gasteiger partial charge in [0.2, 0.25) is 5.91 Å². The van der Waals surface area contributed by atoms with E-state index < -0.39 is 50.9 Å². The second-order valence-corrected chi connectivity index (χ2v) is 12.1. The minimum absolute atomic E-state index is 0.0308. The fraction of sp³-hybridized carbons (Fsp3) is 0.375. The lowest BCUT2D eigenvalue weighted by Gasteiger charge is -2.07. The molecule has 3 rings (SSSR count). The Bertz CT molecular complexity index is 1620. The van der Waals surface area contributed by atoms with E-state index in [-0.39, 0.29) is 39.0 Å². The van der Waals surface area contributed by atoms with Crippen molar-refractivity contribution in [2.24, 2.45) is 4.99 Å². The predicted octanol–water partition coefficient (Wildman–Crippen LogP) is 3.07. The van der Waals surface area contributed by atoms with Gasteiger partial charge in [-0.25, -0.2) is 22.4 Å². The number of esters is 2. The standard InChI is InChI=1S/C24H26FN3O8S3/c1-5-28-15-9-8-14(25)10-16(15)37-24(28)27-18(30)12-39(33,34)11-17(29)26-21-19(22(31)35-6-2)13(4)20(38-21)23(32)36-7-3/h8-10H,5-7,11-12H2,1-4H3,(H,26,29). The third kappa shape index (κ3) is 7.16. The Kier molecular flexibility index (Phi) is 9.74. The number of aryl methyl sites for hydroxylation is 1. The van der Waals surface area contributed by atoms with Crippen LogP contribution in [0.15, 0.2) is 23.2 Å². The molecule has 0 saturated carbocycles. The Morgan fingerprint density at radius 2 is 1.69 bits per heavy atom. The fourth-order valence-electron chi connectivity index (χ4n) is 3.62. The van der Waals surface area contributed by atoms with Crippen LogP contribution >= 0.6 is 22.7 Å². The van der Waals surface area contributed by atoms with Gasteiger partial charge in [0.1, 0.15) is 27.2 Å². The van der Waals surface area contributed by atoms with Crippen LogP contribution in [0.3, 0.4) is 0 Å². The summed E-state index contributed by atoms with van der Waals surface area (Å²) >= 11 is 1.78. The summed E-state index contributed by atoms with van der Waals surface area (Å²) in [5, 5.41) is 2.26. The van der Waals surface area contributed by atoms with Crippen LogP contribution < -0.4 is 10.1 Å². The van der Waals surface area contributed by atoms with Gasteiger partial charge < -0.3 is 19.4 Å². The van der Waals surface area contributed by atoms with Crippen LogP contribution in [-0.2, 0) is 35.4 Å². The fourth-order valence-corrected chi connectivity index (χ4v) is 6.88. The molecule has 1 aromatic carbocycles. The van der Waals surface area contributed by atoms with Gasteiger partial charge in [-0.1, -0.05) is 11.3 Å². The van der Waals surface area contributed by atoms with Gasteiger partial charge in [0.15, 0.2) is 14.6 Å². The van der Waals surface area contributed by atoms with E-state index in [0.717, 1.165) is 22.7 Å². The maximum Gasteiger partial charge on any atom is 0.348 e. The number of nitrogens with one attached hydrogen (secondary N) is 1. The SMILES string of the molecule is CCOC(=O)c1sc(NC(=O)CS(=O)(=O)CC(=O)N=c2sc3cc(F)ccc3n2CC)c(C(=O)OCC)c1C. The molecule has 0 spiro atoms. The first-order valence-electron chi connectivity index (χ1n) is 11.7. The summed E-state index contributed by atoms with van der Waals surface area (Å²) in [7, 11) is -4.27. The van der Waals surface area contributed by atoms with E-state index in [1.165, 1.54) is 19.1 Å². The summed E-state index contributed by atoms with van der Waals surface area (Å²) in [5.74, 6) is -6.12. The number of hydrogen-bond donors (Lipinski definition) is 1. The molecular weight excluding hydrogens is 573 g/mol. The highest BCUT2D eigenvalue weighted by molar-refractivity contribution is 7.92. The number of carbonyl (C=O) groups excluding carboxylic acids is 4. The van der Waals surface area contributed by atoms with Crippen LogP contribution in [0.1, 0.15) is 46.4 Å². The molecule has 0 fully saturated rings. The van der Waals surface area contributed by atoms with E-state index in [1.54, 1.807) is 31.4 Å². The Morgan fingerprint density at radius 3 is 2.33 bits per heavy atom. The van der Waals surface area contributed by atoms with Crippen LogP contribution in [0.5, 0.6) is 0 Å². The molecule has 0 radical (unpaired) electrons. The van der Waals surface area contributed by atoms with Gasteiger partial charge in [-0.05, 0) is 51.5 Å². The monoisotopic (exact) mass is 599 g/mol. The summed E-state index contributed by atoms with van der Waals surface area (Å²) in [6, 6.07) is 4.11. The molecule has 39 heavy (non-hydrogen) atoms. The van der Waals surface area contributed by atoms with E-state index in [9.17, 15) is 32.0 Å². The molecule has 15 heteroatoms. The van der Waals surface area contributed by atoms with Crippen molar-refractivity contribution in [1.82, 2.24) is 4.57 Å². The van der Waals surface area contributed by atoms with E-state index in [2.05, 4.69) is 10.3 Å². The van der Waals surface area contributed by atoms with Crippen molar-refractivity contribution >= 4 is 71.5 Å². The number of aromatic nitrogens is 1. The van der Waals surface area contributed by atoms with Crippen LogP contribution in [-0.4, -0.2) is 61.5 Å². The van der Waals surface area contributed by atoms with Crippen molar-refractivity contribution < 1.29 is 41.5 Å². The molecule has 0 atom stereocenters. The zero-order valence-electron chi connectivity index (χ0n) is 21.5. The lowest BCUT2D eigenvalue weighted by Crippen LogP contribution is -2.28. The van der Waals surface area contributed by atoms with Crippen LogP contribution in [0.25, 0.3) is 10.2 Å². The average molecular weight is 600 g/mol. The van der Waals surface area contributed by atoms with Gasteiger partial charge in [0, 0.05) is 6.54 Å². The van der Waals surface area contributed by atoms with Crippen molar-refractivity contribution in [3.8, 4) is 0 Å². The quantitative estimate of drug-likeness (QED) is 0.350. The molecule has 11 nitrogen and oxygen atoms in total. The molecule has 0 aliphatic carbocycles. The molecule has 0 bridgehead atoms. The Balaban J connectivity index is 1.80. The molecule has 2 heterocycles. The van der Waals surface area contributed by atoms with Gasteiger partial charge >= 0.3 is 11.9 Å². The van der Waals surface area contributed by atoms with Crippen LogP contribution in [0, 0.1) is 12.7 Å². The molecule has 210 valence electrons. The zero-order chi connectivity index (χ0) is 28.9. The summed E-state index contributed by atoms with van der Waals surface area (Å²) in [6.45, 7) is 6.98. The van der Waals surface area contributed by atoms with E-state index in [0.29, 0.717) is 16.8 Å². The average Bonchev–Trinajstić information content (AvgIpc) is 3.33. The van der Waals surface area contributed by atoms with Gasteiger partial charge in [-0.2, -0.15) is 4.99 Å². The first kappa shape index (κ1) is 30.1. The molecule has 0 aliphatic heterocycles. The minimum atomic E-state index is -4.27. The number of anilines is 1. The molecule has 1 N–H and O–H groups in total. The van der Waals surface area contributed by atoms with E-state index in [4.69, 9.17) is 9.47 Å².